The van der Waals surface area contributed by atoms with Gasteiger partial charge in [-0.2, -0.15) is 0 Å². The SMILES string of the molecule is CC(C)C(NC(=O)c1cccn1C1CC1)c1ccccn1. The van der Waals surface area contributed by atoms with Gasteiger partial charge in [0.25, 0.3) is 5.91 Å². The van der Waals surface area contributed by atoms with Gasteiger partial charge in [0.2, 0.25) is 0 Å². The van der Waals surface area contributed by atoms with Crippen molar-refractivity contribution in [1.82, 2.24) is 14.9 Å². The van der Waals surface area contributed by atoms with Gasteiger partial charge in [-0.3, -0.25) is 9.78 Å². The van der Waals surface area contributed by atoms with E-state index in [4.69, 9.17) is 0 Å². The van der Waals surface area contributed by atoms with Gasteiger partial charge in [0.1, 0.15) is 5.69 Å². The first-order chi connectivity index (χ1) is 10.2. The van der Waals surface area contributed by atoms with Crippen LogP contribution in [-0.4, -0.2) is 15.5 Å². The minimum absolute atomic E-state index is 0.0174. The smallest absolute Gasteiger partial charge is 0.268 e. The summed E-state index contributed by atoms with van der Waals surface area (Å²) in [6, 6.07) is 10.1. The molecule has 1 atom stereocenters. The second-order valence-electron chi connectivity index (χ2n) is 5.98. The Morgan fingerprint density at radius 2 is 2.10 bits per heavy atom. The van der Waals surface area contributed by atoms with Crippen LogP contribution in [0, 0.1) is 5.92 Å². The molecule has 2 aromatic rings. The largest absolute Gasteiger partial charge is 0.342 e. The minimum Gasteiger partial charge on any atom is -0.342 e. The summed E-state index contributed by atoms with van der Waals surface area (Å²) in [5.74, 6) is 0.268. The highest BCUT2D eigenvalue weighted by molar-refractivity contribution is 5.93. The van der Waals surface area contributed by atoms with Gasteiger partial charge in [-0.05, 0) is 43.0 Å². The highest BCUT2D eigenvalue weighted by Gasteiger charge is 2.28. The average Bonchev–Trinajstić information content (AvgIpc) is 3.22. The molecule has 4 heteroatoms. The molecule has 3 rings (SSSR count). The average molecular weight is 283 g/mol. The van der Waals surface area contributed by atoms with Crippen molar-refractivity contribution >= 4 is 5.91 Å². The van der Waals surface area contributed by atoms with Crippen LogP contribution in [-0.2, 0) is 0 Å². The molecular weight excluding hydrogens is 262 g/mol. The lowest BCUT2D eigenvalue weighted by Gasteiger charge is -2.22. The summed E-state index contributed by atoms with van der Waals surface area (Å²) >= 11 is 0. The van der Waals surface area contributed by atoms with E-state index in [1.54, 1.807) is 6.20 Å². The maximum absolute atomic E-state index is 12.6. The zero-order valence-electron chi connectivity index (χ0n) is 12.5. The quantitative estimate of drug-likeness (QED) is 0.914. The number of carbonyl (C=O) groups is 1. The van der Waals surface area contributed by atoms with E-state index in [9.17, 15) is 4.79 Å². The van der Waals surface area contributed by atoms with E-state index < -0.39 is 0 Å². The Balaban J connectivity index is 1.79. The van der Waals surface area contributed by atoms with Crippen molar-refractivity contribution in [2.45, 2.75) is 38.8 Å². The third-order valence-corrected chi connectivity index (χ3v) is 3.91. The fraction of sp³-hybridized carbons (Fsp3) is 0.412. The predicted molar refractivity (Wildman–Crippen MR) is 82.0 cm³/mol. The van der Waals surface area contributed by atoms with Crippen LogP contribution >= 0.6 is 0 Å². The van der Waals surface area contributed by atoms with E-state index in [1.807, 2.05) is 36.5 Å². The fourth-order valence-electron chi connectivity index (χ4n) is 2.61. The van der Waals surface area contributed by atoms with Crippen LogP contribution in [0.25, 0.3) is 0 Å². The van der Waals surface area contributed by atoms with E-state index in [1.165, 1.54) is 12.8 Å². The first kappa shape index (κ1) is 13.9. The first-order valence-corrected chi connectivity index (χ1v) is 7.55. The van der Waals surface area contributed by atoms with E-state index in [2.05, 4.69) is 28.7 Å². The van der Waals surface area contributed by atoms with Crippen LogP contribution in [0.5, 0.6) is 0 Å². The van der Waals surface area contributed by atoms with Gasteiger partial charge in [-0.25, -0.2) is 0 Å². The molecule has 4 nitrogen and oxygen atoms in total. The fourth-order valence-corrected chi connectivity index (χ4v) is 2.61. The van der Waals surface area contributed by atoms with Crippen molar-refractivity contribution in [2.24, 2.45) is 5.92 Å². The normalized spacial score (nSPS) is 16.0. The molecule has 0 spiro atoms. The van der Waals surface area contributed by atoms with Gasteiger partial charge < -0.3 is 9.88 Å². The molecule has 0 saturated heterocycles. The summed E-state index contributed by atoms with van der Waals surface area (Å²) in [7, 11) is 0. The lowest BCUT2D eigenvalue weighted by atomic mass is 10.00. The summed E-state index contributed by atoms with van der Waals surface area (Å²) in [5.41, 5.74) is 1.66. The molecule has 21 heavy (non-hydrogen) atoms. The molecule has 1 unspecified atom stereocenters. The number of aromatic nitrogens is 2. The van der Waals surface area contributed by atoms with E-state index in [0.717, 1.165) is 11.4 Å². The Bertz CT molecular complexity index is 614. The number of nitrogens with zero attached hydrogens (tertiary/aromatic N) is 2. The van der Waals surface area contributed by atoms with Crippen molar-refractivity contribution < 1.29 is 4.79 Å². The van der Waals surface area contributed by atoms with E-state index >= 15 is 0 Å². The van der Waals surface area contributed by atoms with Gasteiger partial charge >= 0.3 is 0 Å². The molecule has 0 radical (unpaired) electrons. The zero-order chi connectivity index (χ0) is 14.8. The van der Waals surface area contributed by atoms with Crippen molar-refractivity contribution in [2.75, 3.05) is 0 Å². The highest BCUT2D eigenvalue weighted by Crippen LogP contribution is 2.36. The summed E-state index contributed by atoms with van der Waals surface area (Å²) < 4.78 is 2.09. The number of amides is 1. The van der Waals surface area contributed by atoms with Gasteiger partial charge in [0.15, 0.2) is 0 Å². The Morgan fingerprint density at radius 1 is 1.29 bits per heavy atom. The Hall–Kier alpha value is -2.10. The standard InChI is InChI=1S/C17H21N3O/c1-12(2)16(14-6-3-4-10-18-14)19-17(21)15-7-5-11-20(15)13-8-9-13/h3-7,10-13,16H,8-9H2,1-2H3,(H,19,21). The number of pyridine rings is 1. The summed E-state index contributed by atoms with van der Waals surface area (Å²) in [4.78, 5) is 17.0. The van der Waals surface area contributed by atoms with Gasteiger partial charge in [-0.1, -0.05) is 19.9 Å². The second kappa shape index (κ2) is 5.72. The summed E-state index contributed by atoms with van der Waals surface area (Å²) in [6.45, 7) is 4.19. The first-order valence-electron chi connectivity index (χ1n) is 7.55. The molecule has 1 aliphatic carbocycles. The number of hydrogen-bond donors (Lipinski definition) is 1. The van der Waals surface area contributed by atoms with Crippen LogP contribution < -0.4 is 5.32 Å². The third kappa shape index (κ3) is 2.99. The molecule has 0 bridgehead atoms. The Kier molecular flexibility index (Phi) is 3.78. The van der Waals surface area contributed by atoms with Crippen molar-refractivity contribution in [3.8, 4) is 0 Å². The molecule has 1 aliphatic rings. The molecule has 1 amide bonds. The van der Waals surface area contributed by atoms with Crippen LogP contribution in [0.15, 0.2) is 42.7 Å². The Labute approximate surface area is 125 Å². The maximum Gasteiger partial charge on any atom is 0.268 e. The lowest BCUT2D eigenvalue weighted by Crippen LogP contribution is -2.33. The molecule has 1 fully saturated rings. The number of rotatable bonds is 5. The van der Waals surface area contributed by atoms with E-state index in [-0.39, 0.29) is 17.9 Å². The molecule has 0 aromatic carbocycles. The number of hydrogen-bond acceptors (Lipinski definition) is 2. The third-order valence-electron chi connectivity index (χ3n) is 3.91. The van der Waals surface area contributed by atoms with E-state index in [0.29, 0.717) is 6.04 Å². The monoisotopic (exact) mass is 283 g/mol. The summed E-state index contributed by atoms with van der Waals surface area (Å²) in [6.07, 6.45) is 6.10. The predicted octanol–water partition coefficient (Wildman–Crippen LogP) is 3.35. The van der Waals surface area contributed by atoms with Crippen molar-refractivity contribution in [3.05, 3.63) is 54.1 Å². The molecule has 1 saturated carbocycles. The highest BCUT2D eigenvalue weighted by atomic mass is 16.2. The van der Waals surface area contributed by atoms with Crippen LogP contribution in [0.1, 0.15) is 55.0 Å². The molecule has 110 valence electrons. The van der Waals surface area contributed by atoms with Gasteiger partial charge in [-0.15, -0.1) is 0 Å². The second-order valence-corrected chi connectivity index (χ2v) is 5.98. The molecule has 2 aromatic heterocycles. The zero-order valence-corrected chi connectivity index (χ0v) is 12.5. The van der Waals surface area contributed by atoms with Crippen LogP contribution in [0.2, 0.25) is 0 Å². The van der Waals surface area contributed by atoms with Gasteiger partial charge in [0.05, 0.1) is 11.7 Å². The van der Waals surface area contributed by atoms with Crippen molar-refractivity contribution in [1.29, 1.82) is 0 Å². The lowest BCUT2D eigenvalue weighted by molar-refractivity contribution is 0.0914. The molecular formula is C17H21N3O. The minimum atomic E-state index is -0.0683. The van der Waals surface area contributed by atoms with Crippen LogP contribution in [0.3, 0.4) is 0 Å². The van der Waals surface area contributed by atoms with Gasteiger partial charge in [0, 0.05) is 18.4 Å². The van der Waals surface area contributed by atoms with Crippen LogP contribution in [0.4, 0.5) is 0 Å². The number of nitrogens with one attached hydrogen (secondary N) is 1. The number of carbonyl (C=O) groups excluding carboxylic acids is 1. The summed E-state index contributed by atoms with van der Waals surface area (Å²) in [5, 5.41) is 3.14. The Morgan fingerprint density at radius 3 is 2.71 bits per heavy atom. The molecule has 1 N–H and O–H groups in total. The van der Waals surface area contributed by atoms with Crippen molar-refractivity contribution in [3.63, 3.8) is 0 Å². The molecule has 2 heterocycles. The maximum atomic E-state index is 12.6. The molecule has 0 aliphatic heterocycles. The topological polar surface area (TPSA) is 46.9 Å².